The number of rotatable bonds is 4. The molecule has 1 aromatic heterocycles. The lowest BCUT2D eigenvalue weighted by molar-refractivity contribution is -0.142. The van der Waals surface area contributed by atoms with Gasteiger partial charge in [-0.1, -0.05) is 36.4 Å². The molecule has 2 aliphatic heterocycles. The first-order valence-electron chi connectivity index (χ1n) is 9.73. The highest BCUT2D eigenvalue weighted by molar-refractivity contribution is 7.10. The van der Waals surface area contributed by atoms with E-state index in [1.807, 2.05) is 0 Å². The number of piperidine rings is 1. The maximum absolute atomic E-state index is 13.5. The number of hydrogen-bond donors (Lipinski definition) is 0. The number of amides is 1. The summed E-state index contributed by atoms with van der Waals surface area (Å²) in [5, 5.41) is 2.09. The average Bonchev–Trinajstić information content (AvgIpc) is 3.25. The van der Waals surface area contributed by atoms with Gasteiger partial charge >= 0.3 is 0 Å². The van der Waals surface area contributed by atoms with Crippen LogP contribution in [0, 0.1) is 5.92 Å². The van der Waals surface area contributed by atoms with Crippen LogP contribution in [0.2, 0.25) is 0 Å². The minimum Gasteiger partial charge on any atom is -0.381 e. The van der Waals surface area contributed by atoms with Crippen LogP contribution in [0.15, 0.2) is 47.8 Å². The molecule has 2 fully saturated rings. The summed E-state index contributed by atoms with van der Waals surface area (Å²) in [6.45, 7) is 3.16. The lowest BCUT2D eigenvalue weighted by Gasteiger charge is -2.41. The molecule has 0 aliphatic carbocycles. The molecule has 0 radical (unpaired) electrons. The number of benzene rings is 1. The van der Waals surface area contributed by atoms with E-state index in [2.05, 4.69) is 52.7 Å². The fourth-order valence-electron chi connectivity index (χ4n) is 4.43. The Bertz CT molecular complexity index is 699. The van der Waals surface area contributed by atoms with E-state index in [1.165, 1.54) is 10.4 Å². The molecular weight excluding hydrogens is 342 g/mol. The summed E-state index contributed by atoms with van der Waals surface area (Å²) in [7, 11) is 0. The van der Waals surface area contributed by atoms with Crippen LogP contribution in [0.25, 0.3) is 0 Å². The van der Waals surface area contributed by atoms with Gasteiger partial charge in [-0.15, -0.1) is 11.3 Å². The zero-order valence-corrected chi connectivity index (χ0v) is 16.0. The van der Waals surface area contributed by atoms with Gasteiger partial charge in [0.2, 0.25) is 5.91 Å². The van der Waals surface area contributed by atoms with Gasteiger partial charge < -0.3 is 9.64 Å². The lowest BCUT2D eigenvalue weighted by atomic mass is 9.76. The van der Waals surface area contributed by atoms with Crippen molar-refractivity contribution in [3.05, 3.63) is 58.3 Å². The molecule has 3 nitrogen and oxygen atoms in total. The summed E-state index contributed by atoms with van der Waals surface area (Å²) in [4.78, 5) is 16.9. The third-order valence-corrected chi connectivity index (χ3v) is 7.09. The molecular formula is C22H27NO2S. The lowest BCUT2D eigenvalue weighted by Crippen LogP contribution is -2.51. The number of carbonyl (C=O) groups is 1. The van der Waals surface area contributed by atoms with Crippen LogP contribution in [-0.2, 0) is 21.4 Å². The minimum absolute atomic E-state index is 0.335. The fourth-order valence-corrected chi connectivity index (χ4v) is 5.40. The first-order valence-corrected chi connectivity index (χ1v) is 10.6. The van der Waals surface area contributed by atoms with Crippen molar-refractivity contribution in [2.75, 3.05) is 26.3 Å². The quantitative estimate of drug-likeness (QED) is 0.805. The Hall–Kier alpha value is -1.65. The molecule has 2 saturated heterocycles. The maximum Gasteiger partial charge on any atom is 0.234 e. The van der Waals surface area contributed by atoms with Crippen molar-refractivity contribution >= 4 is 17.2 Å². The summed E-state index contributed by atoms with van der Waals surface area (Å²) in [5.41, 5.74) is 1.07. The predicted molar refractivity (Wildman–Crippen MR) is 106 cm³/mol. The van der Waals surface area contributed by atoms with Gasteiger partial charge in [0.1, 0.15) is 0 Å². The Balaban J connectivity index is 1.42. The second-order valence-corrected chi connectivity index (χ2v) is 8.54. The third-order valence-electron chi connectivity index (χ3n) is 6.02. The summed E-state index contributed by atoms with van der Waals surface area (Å²) >= 11 is 1.72. The SMILES string of the molecule is O=C(N1CCC(Cc2ccccc2)CC1)C1(c2cccs2)CCOCC1. The number of carbonyl (C=O) groups excluding carboxylic acids is 1. The molecule has 0 bridgehead atoms. The topological polar surface area (TPSA) is 29.5 Å². The molecule has 0 atom stereocenters. The van der Waals surface area contributed by atoms with E-state index in [1.54, 1.807) is 11.3 Å². The summed E-state index contributed by atoms with van der Waals surface area (Å²) < 4.78 is 5.58. The van der Waals surface area contributed by atoms with Gasteiger partial charge in [0, 0.05) is 31.2 Å². The number of hydrogen-bond acceptors (Lipinski definition) is 3. The van der Waals surface area contributed by atoms with Crippen molar-refractivity contribution in [2.24, 2.45) is 5.92 Å². The Morgan fingerprint density at radius 1 is 1.08 bits per heavy atom. The van der Waals surface area contributed by atoms with Crippen molar-refractivity contribution in [1.29, 1.82) is 0 Å². The molecule has 26 heavy (non-hydrogen) atoms. The molecule has 2 aromatic rings. The van der Waals surface area contributed by atoms with Gasteiger partial charge in [0.15, 0.2) is 0 Å². The van der Waals surface area contributed by atoms with Crippen LogP contribution >= 0.6 is 11.3 Å². The molecule has 0 N–H and O–H groups in total. The first kappa shape index (κ1) is 17.7. The van der Waals surface area contributed by atoms with Crippen LogP contribution in [0.3, 0.4) is 0 Å². The van der Waals surface area contributed by atoms with Gasteiger partial charge in [-0.25, -0.2) is 0 Å². The van der Waals surface area contributed by atoms with E-state index < -0.39 is 0 Å². The van der Waals surface area contributed by atoms with Crippen LogP contribution in [0.4, 0.5) is 0 Å². The molecule has 1 amide bonds. The minimum atomic E-state index is -0.349. The number of nitrogens with zero attached hydrogens (tertiary/aromatic N) is 1. The Morgan fingerprint density at radius 3 is 2.46 bits per heavy atom. The Kier molecular flexibility index (Phi) is 5.41. The number of likely N-dealkylation sites (tertiary alicyclic amines) is 1. The summed E-state index contributed by atoms with van der Waals surface area (Å²) in [6.07, 6.45) is 4.98. The monoisotopic (exact) mass is 369 g/mol. The van der Waals surface area contributed by atoms with Crippen molar-refractivity contribution in [3.8, 4) is 0 Å². The van der Waals surface area contributed by atoms with E-state index >= 15 is 0 Å². The molecule has 2 aliphatic rings. The largest absolute Gasteiger partial charge is 0.381 e. The maximum atomic E-state index is 13.5. The van der Waals surface area contributed by atoms with E-state index in [0.29, 0.717) is 25.0 Å². The molecule has 4 heteroatoms. The highest BCUT2D eigenvalue weighted by atomic mass is 32.1. The average molecular weight is 370 g/mol. The summed E-state index contributed by atoms with van der Waals surface area (Å²) in [6, 6.07) is 14.9. The molecule has 0 unspecified atom stereocenters. The molecule has 0 saturated carbocycles. The van der Waals surface area contributed by atoms with Crippen LogP contribution in [0.5, 0.6) is 0 Å². The highest BCUT2D eigenvalue weighted by Gasteiger charge is 2.45. The van der Waals surface area contributed by atoms with Crippen LogP contribution < -0.4 is 0 Å². The predicted octanol–water partition coefficient (Wildman–Crippen LogP) is 4.28. The smallest absolute Gasteiger partial charge is 0.234 e. The molecule has 0 spiro atoms. The Labute approximate surface area is 160 Å². The van der Waals surface area contributed by atoms with Crippen molar-refractivity contribution in [2.45, 2.75) is 37.5 Å². The fraction of sp³-hybridized carbons (Fsp3) is 0.500. The first-order chi connectivity index (χ1) is 12.8. The summed E-state index contributed by atoms with van der Waals surface area (Å²) in [5.74, 6) is 1.02. The van der Waals surface area contributed by atoms with E-state index in [-0.39, 0.29) is 5.41 Å². The molecule has 3 heterocycles. The van der Waals surface area contributed by atoms with Crippen molar-refractivity contribution < 1.29 is 9.53 Å². The third kappa shape index (κ3) is 3.58. The van der Waals surface area contributed by atoms with E-state index in [4.69, 9.17) is 4.74 Å². The number of thiophene rings is 1. The zero-order valence-electron chi connectivity index (χ0n) is 15.2. The van der Waals surface area contributed by atoms with Crippen molar-refractivity contribution in [3.63, 3.8) is 0 Å². The molecule has 4 rings (SSSR count). The van der Waals surface area contributed by atoms with E-state index in [9.17, 15) is 4.79 Å². The molecule has 1 aromatic carbocycles. The van der Waals surface area contributed by atoms with Crippen molar-refractivity contribution in [1.82, 2.24) is 4.90 Å². The molecule has 138 valence electrons. The second kappa shape index (κ2) is 7.93. The zero-order chi connectivity index (χ0) is 17.8. The van der Waals surface area contributed by atoms with Gasteiger partial charge in [-0.3, -0.25) is 4.79 Å². The normalized spacial score (nSPS) is 20.8. The van der Waals surface area contributed by atoms with Crippen LogP contribution in [0.1, 0.15) is 36.1 Å². The van der Waals surface area contributed by atoms with Crippen LogP contribution in [-0.4, -0.2) is 37.1 Å². The van der Waals surface area contributed by atoms with Gasteiger partial charge in [0.05, 0.1) is 5.41 Å². The number of ether oxygens (including phenoxy) is 1. The second-order valence-electron chi connectivity index (χ2n) is 7.60. The van der Waals surface area contributed by atoms with Gasteiger partial charge in [-0.2, -0.15) is 0 Å². The van der Waals surface area contributed by atoms with Gasteiger partial charge in [-0.05, 0) is 55.0 Å². The van der Waals surface area contributed by atoms with Gasteiger partial charge in [0.25, 0.3) is 0 Å². The highest BCUT2D eigenvalue weighted by Crippen LogP contribution is 2.40. The van der Waals surface area contributed by atoms with E-state index in [0.717, 1.165) is 45.2 Å². The Morgan fingerprint density at radius 2 is 1.81 bits per heavy atom. The standard InChI is InChI=1S/C22H27NO2S/c24-21(22(10-14-25-15-11-22)20-7-4-16-26-20)23-12-8-19(9-13-23)17-18-5-2-1-3-6-18/h1-7,16,19H,8-15,17H2.